The first-order valence-electron chi connectivity index (χ1n) is 8.47. The normalized spacial score (nSPS) is 17.6. The lowest BCUT2D eigenvalue weighted by Gasteiger charge is -2.37. The van der Waals surface area contributed by atoms with Crippen molar-refractivity contribution in [2.24, 2.45) is 4.99 Å². The lowest BCUT2D eigenvalue weighted by Crippen LogP contribution is -2.48. The molecule has 1 N–H and O–H groups in total. The lowest BCUT2D eigenvalue weighted by atomic mass is 9.99. The van der Waals surface area contributed by atoms with Crippen molar-refractivity contribution in [3.63, 3.8) is 0 Å². The van der Waals surface area contributed by atoms with Crippen molar-refractivity contribution in [1.29, 1.82) is 0 Å². The Morgan fingerprint density at radius 1 is 1.38 bits per heavy atom. The fourth-order valence-corrected chi connectivity index (χ4v) is 4.44. The number of rotatable bonds is 6. The maximum absolute atomic E-state index is 6.27. The lowest BCUT2D eigenvalue weighted by molar-refractivity contribution is 0.0780. The minimum Gasteiger partial charge on any atom is -0.381 e. The van der Waals surface area contributed by atoms with Crippen LogP contribution >= 0.6 is 23.4 Å². The zero-order valence-electron chi connectivity index (χ0n) is 14.8. The average Bonchev–Trinajstić information content (AvgIpc) is 2.58. The van der Waals surface area contributed by atoms with Gasteiger partial charge in [-0.3, -0.25) is 4.99 Å². The largest absolute Gasteiger partial charge is 0.381 e. The molecule has 1 saturated heterocycles. The molecule has 0 amide bonds. The van der Waals surface area contributed by atoms with Gasteiger partial charge in [0.1, 0.15) is 0 Å². The number of hydrogen-bond acceptors (Lipinski definition) is 3. The van der Waals surface area contributed by atoms with E-state index >= 15 is 0 Å². The van der Waals surface area contributed by atoms with E-state index in [-0.39, 0.29) is 4.75 Å². The molecule has 0 aliphatic carbocycles. The van der Waals surface area contributed by atoms with Crippen LogP contribution in [0.5, 0.6) is 0 Å². The van der Waals surface area contributed by atoms with Gasteiger partial charge in [-0.1, -0.05) is 36.7 Å². The number of benzene rings is 1. The van der Waals surface area contributed by atoms with Crippen LogP contribution < -0.4 is 5.32 Å². The Bertz CT molecular complexity index is 541. The van der Waals surface area contributed by atoms with Crippen molar-refractivity contribution in [3.8, 4) is 0 Å². The molecule has 0 spiro atoms. The van der Waals surface area contributed by atoms with Crippen LogP contribution in [-0.2, 0) is 11.3 Å². The number of aliphatic imine (C=N–C) groups is 1. The predicted octanol–water partition coefficient (Wildman–Crippen LogP) is 3.65. The molecule has 0 bridgehead atoms. The van der Waals surface area contributed by atoms with Crippen LogP contribution in [0.2, 0.25) is 5.02 Å². The van der Waals surface area contributed by atoms with Gasteiger partial charge < -0.3 is 15.0 Å². The number of guanidine groups is 1. The van der Waals surface area contributed by atoms with Crippen molar-refractivity contribution in [2.45, 2.75) is 31.1 Å². The molecule has 0 aromatic heterocycles. The average molecular weight is 370 g/mol. The summed E-state index contributed by atoms with van der Waals surface area (Å²) in [4.78, 5) is 6.55. The van der Waals surface area contributed by atoms with Gasteiger partial charge in [-0.15, -0.1) is 0 Å². The van der Waals surface area contributed by atoms with Crippen LogP contribution in [0.15, 0.2) is 29.3 Å². The quantitative estimate of drug-likeness (QED) is 0.613. The zero-order chi connectivity index (χ0) is 17.4. The smallest absolute Gasteiger partial charge is 0.193 e. The highest BCUT2D eigenvalue weighted by Crippen LogP contribution is 2.34. The second-order valence-corrected chi connectivity index (χ2v) is 8.22. The Balaban J connectivity index is 1.96. The van der Waals surface area contributed by atoms with Crippen molar-refractivity contribution in [2.75, 3.05) is 39.6 Å². The van der Waals surface area contributed by atoms with Gasteiger partial charge in [0.2, 0.25) is 0 Å². The van der Waals surface area contributed by atoms with Crippen molar-refractivity contribution >= 4 is 29.3 Å². The van der Waals surface area contributed by atoms with E-state index in [1.54, 1.807) is 0 Å². The molecule has 6 heteroatoms. The Kier molecular flexibility index (Phi) is 7.72. The van der Waals surface area contributed by atoms with Crippen LogP contribution in [0.1, 0.15) is 25.3 Å². The third-order valence-electron chi connectivity index (χ3n) is 4.36. The fraction of sp³-hybridized carbons (Fsp3) is 0.611. The first kappa shape index (κ1) is 19.4. The van der Waals surface area contributed by atoms with Crippen molar-refractivity contribution in [3.05, 3.63) is 34.9 Å². The molecule has 2 rings (SSSR count). The molecule has 0 radical (unpaired) electrons. The van der Waals surface area contributed by atoms with Crippen LogP contribution in [0.25, 0.3) is 0 Å². The molecule has 0 unspecified atom stereocenters. The summed E-state index contributed by atoms with van der Waals surface area (Å²) >= 11 is 8.31. The summed E-state index contributed by atoms with van der Waals surface area (Å²) in [6.07, 6.45) is 2.17. The predicted molar refractivity (Wildman–Crippen MR) is 105 cm³/mol. The van der Waals surface area contributed by atoms with Gasteiger partial charge in [0.25, 0.3) is 0 Å². The van der Waals surface area contributed by atoms with Crippen molar-refractivity contribution < 1.29 is 4.74 Å². The van der Waals surface area contributed by atoms with E-state index in [0.29, 0.717) is 0 Å². The highest BCUT2D eigenvalue weighted by atomic mass is 35.5. The van der Waals surface area contributed by atoms with Crippen LogP contribution in [0, 0.1) is 0 Å². The molecular weight excluding hydrogens is 342 g/mol. The van der Waals surface area contributed by atoms with E-state index in [0.717, 1.165) is 61.4 Å². The highest BCUT2D eigenvalue weighted by Gasteiger charge is 2.33. The van der Waals surface area contributed by atoms with Gasteiger partial charge in [0, 0.05) is 50.2 Å². The van der Waals surface area contributed by atoms with E-state index in [4.69, 9.17) is 16.3 Å². The molecule has 1 aromatic rings. The van der Waals surface area contributed by atoms with Crippen LogP contribution in [0.3, 0.4) is 0 Å². The Hall–Kier alpha value is -0.910. The van der Waals surface area contributed by atoms with Gasteiger partial charge in [-0.25, -0.2) is 0 Å². The summed E-state index contributed by atoms with van der Waals surface area (Å²) in [7, 11) is 3.87. The molecule has 1 aliphatic rings. The number of thioether (sulfide) groups is 1. The molecule has 1 aliphatic heterocycles. The second kappa shape index (κ2) is 9.54. The minimum absolute atomic E-state index is 0.244. The molecule has 1 aromatic carbocycles. The number of hydrogen-bond donors (Lipinski definition) is 1. The molecular formula is C18H28ClN3OS. The van der Waals surface area contributed by atoms with E-state index in [1.807, 2.05) is 44.1 Å². The molecule has 24 heavy (non-hydrogen) atoms. The summed E-state index contributed by atoms with van der Waals surface area (Å²) in [5.74, 6) is 2.02. The maximum Gasteiger partial charge on any atom is 0.193 e. The molecule has 0 atom stereocenters. The third kappa shape index (κ3) is 5.30. The first-order chi connectivity index (χ1) is 11.6. The summed E-state index contributed by atoms with van der Waals surface area (Å²) < 4.78 is 5.79. The second-order valence-electron chi connectivity index (χ2n) is 6.08. The van der Waals surface area contributed by atoms with Crippen molar-refractivity contribution in [1.82, 2.24) is 10.2 Å². The Morgan fingerprint density at radius 3 is 2.71 bits per heavy atom. The molecule has 1 heterocycles. The van der Waals surface area contributed by atoms with Gasteiger partial charge in [0.15, 0.2) is 5.96 Å². The summed E-state index contributed by atoms with van der Waals surface area (Å²) in [5.41, 5.74) is 1.10. The SMILES string of the molecule is CCSC1(CNC(=NC)N(C)Cc2ccccc2Cl)CCOCC1. The minimum atomic E-state index is 0.244. The molecule has 134 valence electrons. The summed E-state index contributed by atoms with van der Waals surface area (Å²) in [6.45, 7) is 5.57. The van der Waals surface area contributed by atoms with Crippen LogP contribution in [0.4, 0.5) is 0 Å². The van der Waals surface area contributed by atoms with Crippen LogP contribution in [-0.4, -0.2) is 55.2 Å². The number of ether oxygens (including phenoxy) is 1. The molecule has 1 fully saturated rings. The highest BCUT2D eigenvalue weighted by molar-refractivity contribution is 8.00. The molecule has 0 saturated carbocycles. The standard InChI is InChI=1S/C18H28ClN3OS/c1-4-24-18(9-11-23-12-10-18)14-21-17(20-2)22(3)13-15-7-5-6-8-16(15)19/h5-8H,4,9-14H2,1-3H3,(H,20,21). The summed E-state index contributed by atoms with van der Waals surface area (Å²) in [6, 6.07) is 7.95. The van der Waals surface area contributed by atoms with Gasteiger partial charge in [0.05, 0.1) is 0 Å². The monoisotopic (exact) mass is 369 g/mol. The number of nitrogens with zero attached hydrogens (tertiary/aromatic N) is 2. The number of nitrogens with one attached hydrogen (secondary N) is 1. The Morgan fingerprint density at radius 2 is 2.08 bits per heavy atom. The van der Waals surface area contributed by atoms with E-state index in [9.17, 15) is 0 Å². The fourth-order valence-electron chi connectivity index (χ4n) is 3.00. The van der Waals surface area contributed by atoms with Gasteiger partial charge in [-0.05, 0) is 30.2 Å². The zero-order valence-corrected chi connectivity index (χ0v) is 16.4. The van der Waals surface area contributed by atoms with E-state index in [2.05, 4.69) is 28.2 Å². The first-order valence-corrected chi connectivity index (χ1v) is 9.83. The van der Waals surface area contributed by atoms with Gasteiger partial charge in [-0.2, -0.15) is 11.8 Å². The Labute approximate surface area is 155 Å². The number of halogens is 1. The maximum atomic E-state index is 6.27. The third-order valence-corrected chi connectivity index (χ3v) is 6.18. The van der Waals surface area contributed by atoms with E-state index in [1.165, 1.54) is 0 Å². The topological polar surface area (TPSA) is 36.9 Å². The summed E-state index contributed by atoms with van der Waals surface area (Å²) in [5, 5.41) is 4.35. The van der Waals surface area contributed by atoms with Gasteiger partial charge >= 0.3 is 0 Å². The van der Waals surface area contributed by atoms with E-state index < -0.39 is 0 Å². The molecule has 4 nitrogen and oxygen atoms in total.